The molecule has 0 spiro atoms. The predicted octanol–water partition coefficient (Wildman–Crippen LogP) is 2.15. The molecule has 0 atom stereocenters. The number of carbonyl (C=O) groups excluding carboxylic acids is 1. The highest BCUT2D eigenvalue weighted by Crippen LogP contribution is 2.36. The molecular weight excluding hydrogens is 241 g/mol. The van der Waals surface area contributed by atoms with Gasteiger partial charge in [-0.3, -0.25) is 4.79 Å². The molecule has 0 amide bonds. The fraction of sp³-hybridized carbons (Fsp3) is 0.300. The van der Waals surface area contributed by atoms with Crippen molar-refractivity contribution in [2.75, 3.05) is 14.2 Å². The van der Waals surface area contributed by atoms with Crippen LogP contribution in [0.2, 0.25) is 0 Å². The number of phenols is 1. The molecule has 4 nitrogen and oxygen atoms in total. The standard InChI is InChI=1S/C10H9F3O4/c1-16-7-3-5(9(15)10(11,12)13)6(14)4-8(7)17-2/h3-4,14H,1-2H3. The topological polar surface area (TPSA) is 55.8 Å². The number of aromatic hydroxyl groups is 1. The van der Waals surface area contributed by atoms with Gasteiger partial charge in [-0.2, -0.15) is 13.2 Å². The van der Waals surface area contributed by atoms with Crippen LogP contribution in [0.25, 0.3) is 0 Å². The van der Waals surface area contributed by atoms with Crippen molar-refractivity contribution in [3.8, 4) is 17.2 Å². The zero-order valence-corrected chi connectivity index (χ0v) is 8.96. The number of alkyl halides is 3. The fourth-order valence-electron chi connectivity index (χ4n) is 1.20. The van der Waals surface area contributed by atoms with Gasteiger partial charge >= 0.3 is 6.18 Å². The maximum absolute atomic E-state index is 12.2. The maximum Gasteiger partial charge on any atom is 0.455 e. The Bertz CT molecular complexity index is 440. The second kappa shape index (κ2) is 4.52. The molecule has 17 heavy (non-hydrogen) atoms. The first-order valence-electron chi connectivity index (χ1n) is 4.37. The lowest BCUT2D eigenvalue weighted by Crippen LogP contribution is -2.22. The van der Waals surface area contributed by atoms with Gasteiger partial charge in [0.25, 0.3) is 5.78 Å². The third-order valence-electron chi connectivity index (χ3n) is 2.00. The minimum atomic E-state index is -5.06. The lowest BCUT2D eigenvalue weighted by atomic mass is 10.1. The molecular formula is C10H9F3O4. The van der Waals surface area contributed by atoms with Crippen molar-refractivity contribution in [2.45, 2.75) is 6.18 Å². The molecule has 1 aromatic rings. The van der Waals surface area contributed by atoms with E-state index in [0.29, 0.717) is 0 Å². The lowest BCUT2D eigenvalue weighted by molar-refractivity contribution is -0.0886. The molecule has 0 fully saturated rings. The Labute approximate surface area is 94.6 Å². The van der Waals surface area contributed by atoms with Crippen molar-refractivity contribution < 1.29 is 32.5 Å². The van der Waals surface area contributed by atoms with Gasteiger partial charge in [-0.05, 0) is 6.07 Å². The van der Waals surface area contributed by atoms with Crippen LogP contribution in [-0.2, 0) is 0 Å². The highest BCUT2D eigenvalue weighted by atomic mass is 19.4. The first-order valence-corrected chi connectivity index (χ1v) is 4.37. The van der Waals surface area contributed by atoms with E-state index in [4.69, 9.17) is 9.47 Å². The Balaban J connectivity index is 3.31. The second-order valence-corrected chi connectivity index (χ2v) is 3.05. The number of Topliss-reactive ketones (excluding diaryl/α,β-unsaturated/α-hetero) is 1. The van der Waals surface area contributed by atoms with Gasteiger partial charge in [0.15, 0.2) is 11.5 Å². The van der Waals surface area contributed by atoms with Crippen molar-refractivity contribution in [1.29, 1.82) is 0 Å². The molecule has 0 saturated carbocycles. The van der Waals surface area contributed by atoms with Crippen LogP contribution >= 0.6 is 0 Å². The summed E-state index contributed by atoms with van der Waals surface area (Å²) in [4.78, 5) is 11.0. The third-order valence-corrected chi connectivity index (χ3v) is 2.00. The molecule has 0 radical (unpaired) electrons. The predicted molar refractivity (Wildman–Crippen MR) is 51.6 cm³/mol. The van der Waals surface area contributed by atoms with Gasteiger partial charge in [0.05, 0.1) is 19.8 Å². The Morgan fingerprint density at radius 1 is 1.18 bits per heavy atom. The lowest BCUT2D eigenvalue weighted by Gasteiger charge is -2.12. The first-order chi connectivity index (χ1) is 7.81. The van der Waals surface area contributed by atoms with E-state index < -0.39 is 23.3 Å². The number of hydrogen-bond donors (Lipinski definition) is 1. The summed E-state index contributed by atoms with van der Waals surface area (Å²) < 4.78 is 46.1. The summed E-state index contributed by atoms with van der Waals surface area (Å²) in [6.07, 6.45) is -5.06. The van der Waals surface area contributed by atoms with E-state index in [2.05, 4.69) is 0 Å². The Morgan fingerprint density at radius 2 is 1.65 bits per heavy atom. The molecule has 0 saturated heterocycles. The second-order valence-electron chi connectivity index (χ2n) is 3.05. The maximum atomic E-state index is 12.2. The van der Waals surface area contributed by atoms with Crippen LogP contribution in [-0.4, -0.2) is 31.3 Å². The van der Waals surface area contributed by atoms with Gasteiger partial charge in [-0.15, -0.1) is 0 Å². The van der Waals surface area contributed by atoms with Crippen LogP contribution in [0.15, 0.2) is 12.1 Å². The summed E-state index contributed by atoms with van der Waals surface area (Å²) >= 11 is 0. The van der Waals surface area contributed by atoms with Gasteiger partial charge in [-0.25, -0.2) is 0 Å². The van der Waals surface area contributed by atoms with Crippen LogP contribution in [0.4, 0.5) is 13.2 Å². The number of halogens is 3. The van der Waals surface area contributed by atoms with Gasteiger partial charge in [0.2, 0.25) is 0 Å². The number of ether oxygens (including phenoxy) is 2. The molecule has 0 aromatic heterocycles. The van der Waals surface area contributed by atoms with Crippen LogP contribution < -0.4 is 9.47 Å². The van der Waals surface area contributed by atoms with E-state index in [1.807, 2.05) is 0 Å². The molecule has 1 rings (SSSR count). The minimum absolute atomic E-state index is 0.0312. The molecule has 0 heterocycles. The van der Waals surface area contributed by atoms with Crippen LogP contribution in [0.5, 0.6) is 17.2 Å². The normalized spacial score (nSPS) is 11.1. The third kappa shape index (κ3) is 2.61. The van der Waals surface area contributed by atoms with Crippen LogP contribution in [0.3, 0.4) is 0 Å². The monoisotopic (exact) mass is 250 g/mol. The number of ketones is 1. The molecule has 7 heteroatoms. The van der Waals surface area contributed by atoms with E-state index in [-0.39, 0.29) is 11.5 Å². The summed E-state index contributed by atoms with van der Waals surface area (Å²) in [5, 5.41) is 9.32. The van der Waals surface area contributed by atoms with Gasteiger partial charge in [0, 0.05) is 6.07 Å². The average molecular weight is 250 g/mol. The summed E-state index contributed by atoms with van der Waals surface area (Å²) in [5.41, 5.74) is -0.879. The van der Waals surface area contributed by atoms with E-state index in [0.717, 1.165) is 12.1 Å². The zero-order valence-electron chi connectivity index (χ0n) is 8.96. The largest absolute Gasteiger partial charge is 0.507 e. The van der Waals surface area contributed by atoms with Gasteiger partial charge in [-0.1, -0.05) is 0 Å². The van der Waals surface area contributed by atoms with Gasteiger partial charge in [0.1, 0.15) is 5.75 Å². The van der Waals surface area contributed by atoms with Crippen LogP contribution in [0, 0.1) is 0 Å². The Hall–Kier alpha value is -1.92. The summed E-state index contributed by atoms with van der Waals surface area (Å²) in [6, 6.07) is 1.67. The molecule has 1 N–H and O–H groups in total. The number of benzene rings is 1. The summed E-state index contributed by atoms with van der Waals surface area (Å²) in [5.74, 6) is -3.00. The molecule has 0 aliphatic carbocycles. The quantitative estimate of drug-likeness (QED) is 0.835. The Morgan fingerprint density at radius 3 is 2.06 bits per heavy atom. The number of rotatable bonds is 3. The minimum Gasteiger partial charge on any atom is -0.507 e. The molecule has 0 bridgehead atoms. The molecule has 0 aliphatic heterocycles. The highest BCUT2D eigenvalue weighted by molar-refractivity contribution is 6.03. The molecule has 0 unspecified atom stereocenters. The Kier molecular flexibility index (Phi) is 3.50. The van der Waals surface area contributed by atoms with E-state index in [1.54, 1.807) is 0 Å². The molecule has 1 aromatic carbocycles. The first kappa shape index (κ1) is 13.1. The van der Waals surface area contributed by atoms with Gasteiger partial charge < -0.3 is 14.6 Å². The van der Waals surface area contributed by atoms with Crippen LogP contribution in [0.1, 0.15) is 10.4 Å². The number of methoxy groups -OCH3 is 2. The van der Waals surface area contributed by atoms with Crippen molar-refractivity contribution in [1.82, 2.24) is 0 Å². The number of phenolic OH excluding ortho intramolecular Hbond substituents is 1. The van der Waals surface area contributed by atoms with Crippen molar-refractivity contribution in [2.24, 2.45) is 0 Å². The molecule has 94 valence electrons. The van der Waals surface area contributed by atoms with Crippen molar-refractivity contribution in [3.05, 3.63) is 17.7 Å². The van der Waals surface area contributed by atoms with E-state index in [1.165, 1.54) is 14.2 Å². The summed E-state index contributed by atoms with van der Waals surface area (Å²) in [7, 11) is 2.46. The smallest absolute Gasteiger partial charge is 0.455 e. The van der Waals surface area contributed by atoms with Crippen molar-refractivity contribution >= 4 is 5.78 Å². The average Bonchev–Trinajstić information content (AvgIpc) is 2.26. The fourth-order valence-corrected chi connectivity index (χ4v) is 1.20. The number of hydrogen-bond acceptors (Lipinski definition) is 4. The van der Waals surface area contributed by atoms with E-state index in [9.17, 15) is 23.1 Å². The molecule has 0 aliphatic rings. The number of carbonyl (C=O) groups is 1. The zero-order chi connectivity index (χ0) is 13.2. The van der Waals surface area contributed by atoms with E-state index >= 15 is 0 Å². The highest BCUT2D eigenvalue weighted by Gasteiger charge is 2.41. The van der Waals surface area contributed by atoms with Crippen molar-refractivity contribution in [3.63, 3.8) is 0 Å². The summed E-state index contributed by atoms with van der Waals surface area (Å²) in [6.45, 7) is 0. The SMILES string of the molecule is COc1cc(O)c(C(=O)C(F)(F)F)cc1OC.